The Hall–Kier alpha value is -1.91. The lowest BCUT2D eigenvalue weighted by atomic mass is 10.0. The summed E-state index contributed by atoms with van der Waals surface area (Å²) < 4.78 is 17.8. The van der Waals surface area contributed by atoms with Crippen molar-refractivity contribution in [1.29, 1.82) is 0 Å². The summed E-state index contributed by atoms with van der Waals surface area (Å²) in [5.41, 5.74) is 0.675. The van der Waals surface area contributed by atoms with Crippen LogP contribution in [0.15, 0.2) is 29.4 Å². The highest BCUT2D eigenvalue weighted by Gasteiger charge is 2.28. The number of esters is 1. The maximum absolute atomic E-state index is 13.0. The second kappa shape index (κ2) is 6.31. The van der Waals surface area contributed by atoms with Crippen molar-refractivity contribution in [3.63, 3.8) is 0 Å². The number of carbonyl (C=O) groups is 1. The van der Waals surface area contributed by atoms with Gasteiger partial charge in [0.1, 0.15) is 11.9 Å². The highest BCUT2D eigenvalue weighted by atomic mass is 19.1. The first-order valence-corrected chi connectivity index (χ1v) is 6.35. The Labute approximate surface area is 111 Å². The molecule has 1 fully saturated rings. The topological polar surface area (TPSA) is 41.9 Å². The summed E-state index contributed by atoms with van der Waals surface area (Å²) in [6, 6.07) is 5.85. The van der Waals surface area contributed by atoms with Crippen molar-refractivity contribution in [2.24, 2.45) is 5.10 Å². The molecular formula is C14H17FN2O2. The second-order valence-electron chi connectivity index (χ2n) is 4.50. The summed E-state index contributed by atoms with van der Waals surface area (Å²) in [6.45, 7) is 0.714. The fourth-order valence-corrected chi connectivity index (χ4v) is 2.16. The van der Waals surface area contributed by atoms with Gasteiger partial charge < -0.3 is 4.74 Å². The van der Waals surface area contributed by atoms with Crippen molar-refractivity contribution in [2.45, 2.75) is 25.3 Å². The van der Waals surface area contributed by atoms with Crippen LogP contribution < -0.4 is 0 Å². The SMILES string of the molecule is COC(=O)[C@H]1CCCCN1/N=C\c1cccc(F)c1. The van der Waals surface area contributed by atoms with Crippen LogP contribution in [0.5, 0.6) is 0 Å². The monoisotopic (exact) mass is 264 g/mol. The molecule has 0 bridgehead atoms. The van der Waals surface area contributed by atoms with Crippen LogP contribution in [0.25, 0.3) is 0 Å². The van der Waals surface area contributed by atoms with Crippen molar-refractivity contribution in [3.05, 3.63) is 35.6 Å². The average molecular weight is 264 g/mol. The van der Waals surface area contributed by atoms with E-state index in [0.717, 1.165) is 19.3 Å². The molecule has 1 aromatic carbocycles. The van der Waals surface area contributed by atoms with E-state index in [-0.39, 0.29) is 17.8 Å². The molecule has 0 radical (unpaired) electrons. The largest absolute Gasteiger partial charge is 0.467 e. The van der Waals surface area contributed by atoms with Gasteiger partial charge in [-0.2, -0.15) is 5.10 Å². The summed E-state index contributed by atoms with van der Waals surface area (Å²) in [7, 11) is 1.38. The maximum atomic E-state index is 13.0. The lowest BCUT2D eigenvalue weighted by Crippen LogP contribution is -2.42. The molecule has 0 unspecified atom stereocenters. The molecular weight excluding hydrogens is 247 g/mol. The minimum absolute atomic E-state index is 0.268. The molecule has 1 aromatic rings. The zero-order chi connectivity index (χ0) is 13.7. The quantitative estimate of drug-likeness (QED) is 0.620. The zero-order valence-corrected chi connectivity index (χ0v) is 10.9. The van der Waals surface area contributed by atoms with Gasteiger partial charge in [0, 0.05) is 6.54 Å². The Kier molecular flexibility index (Phi) is 4.49. The van der Waals surface area contributed by atoms with E-state index in [4.69, 9.17) is 4.74 Å². The van der Waals surface area contributed by atoms with E-state index in [1.54, 1.807) is 23.4 Å². The van der Waals surface area contributed by atoms with Gasteiger partial charge >= 0.3 is 5.97 Å². The number of ether oxygens (including phenoxy) is 1. The molecule has 1 saturated heterocycles. The van der Waals surface area contributed by atoms with Crippen LogP contribution in [0.1, 0.15) is 24.8 Å². The first-order chi connectivity index (χ1) is 9.20. The highest BCUT2D eigenvalue weighted by Crippen LogP contribution is 2.18. The number of nitrogens with zero attached hydrogens (tertiary/aromatic N) is 2. The number of hydrogen-bond acceptors (Lipinski definition) is 4. The van der Waals surface area contributed by atoms with Gasteiger partial charge in [0.05, 0.1) is 13.3 Å². The Morgan fingerprint density at radius 1 is 1.53 bits per heavy atom. The van der Waals surface area contributed by atoms with E-state index in [2.05, 4.69) is 5.10 Å². The Morgan fingerprint density at radius 3 is 3.11 bits per heavy atom. The predicted octanol–water partition coefficient (Wildman–Crippen LogP) is 2.19. The Balaban J connectivity index is 2.09. The van der Waals surface area contributed by atoms with Gasteiger partial charge in [-0.25, -0.2) is 9.18 Å². The van der Waals surface area contributed by atoms with Crippen molar-refractivity contribution >= 4 is 12.2 Å². The smallest absolute Gasteiger partial charge is 0.330 e. The number of hydrogen-bond donors (Lipinski definition) is 0. The summed E-state index contributed by atoms with van der Waals surface area (Å²) >= 11 is 0. The summed E-state index contributed by atoms with van der Waals surface area (Å²) in [6.07, 6.45) is 4.30. The molecule has 1 heterocycles. The molecule has 1 atom stereocenters. The van der Waals surface area contributed by atoms with Gasteiger partial charge in [0.25, 0.3) is 0 Å². The summed E-state index contributed by atoms with van der Waals surface area (Å²) in [5.74, 6) is -0.566. The molecule has 19 heavy (non-hydrogen) atoms. The lowest BCUT2D eigenvalue weighted by Gasteiger charge is -2.31. The van der Waals surface area contributed by atoms with Crippen molar-refractivity contribution in [2.75, 3.05) is 13.7 Å². The van der Waals surface area contributed by atoms with Crippen molar-refractivity contribution in [3.8, 4) is 0 Å². The van der Waals surface area contributed by atoms with E-state index >= 15 is 0 Å². The second-order valence-corrected chi connectivity index (χ2v) is 4.50. The van der Waals surface area contributed by atoms with E-state index in [1.807, 2.05) is 0 Å². The minimum Gasteiger partial charge on any atom is -0.467 e. The van der Waals surface area contributed by atoms with Crippen LogP contribution in [0.3, 0.4) is 0 Å². The van der Waals surface area contributed by atoms with Crippen LogP contribution >= 0.6 is 0 Å². The van der Waals surface area contributed by atoms with Crippen LogP contribution in [0, 0.1) is 5.82 Å². The van der Waals surface area contributed by atoms with E-state index < -0.39 is 0 Å². The molecule has 1 aliphatic heterocycles. The fraction of sp³-hybridized carbons (Fsp3) is 0.429. The summed E-state index contributed by atoms with van der Waals surface area (Å²) in [5, 5.41) is 6.01. The van der Waals surface area contributed by atoms with Crippen molar-refractivity contribution in [1.82, 2.24) is 5.01 Å². The zero-order valence-electron chi connectivity index (χ0n) is 10.9. The predicted molar refractivity (Wildman–Crippen MR) is 70.4 cm³/mol. The number of carbonyl (C=O) groups excluding carboxylic acids is 1. The Morgan fingerprint density at radius 2 is 2.37 bits per heavy atom. The molecule has 0 aliphatic carbocycles. The molecule has 4 nitrogen and oxygen atoms in total. The molecule has 102 valence electrons. The number of benzene rings is 1. The Bertz CT molecular complexity index is 476. The summed E-state index contributed by atoms with van der Waals surface area (Å²) in [4.78, 5) is 11.6. The molecule has 0 aromatic heterocycles. The van der Waals surface area contributed by atoms with Gasteiger partial charge in [0.15, 0.2) is 0 Å². The standard InChI is InChI=1S/C14H17FN2O2/c1-19-14(18)13-7-2-3-8-17(13)16-10-11-5-4-6-12(15)9-11/h4-6,9-10,13H,2-3,7-8H2,1H3/b16-10-/t13-/m1/s1. The molecule has 5 heteroatoms. The first kappa shape index (κ1) is 13.5. The third-order valence-corrected chi connectivity index (χ3v) is 3.15. The molecule has 0 amide bonds. The van der Waals surface area contributed by atoms with Crippen molar-refractivity contribution < 1.29 is 13.9 Å². The number of piperidine rings is 1. The molecule has 0 saturated carbocycles. The van der Waals surface area contributed by atoms with E-state index in [0.29, 0.717) is 12.1 Å². The highest BCUT2D eigenvalue weighted by molar-refractivity contribution is 5.80. The van der Waals surface area contributed by atoms with Gasteiger partial charge in [-0.05, 0) is 37.0 Å². The number of halogens is 1. The molecule has 0 spiro atoms. The van der Waals surface area contributed by atoms with Crippen LogP contribution in [0.2, 0.25) is 0 Å². The number of rotatable bonds is 3. The van der Waals surface area contributed by atoms with Gasteiger partial charge in [-0.1, -0.05) is 12.1 Å². The first-order valence-electron chi connectivity index (χ1n) is 6.35. The molecule has 0 N–H and O–H groups in total. The molecule has 1 aliphatic rings. The van der Waals surface area contributed by atoms with Crippen LogP contribution in [-0.4, -0.2) is 36.9 Å². The van der Waals surface area contributed by atoms with E-state index in [1.165, 1.54) is 19.2 Å². The lowest BCUT2D eigenvalue weighted by molar-refractivity contribution is -0.148. The average Bonchev–Trinajstić information content (AvgIpc) is 2.45. The van der Waals surface area contributed by atoms with Crippen LogP contribution in [-0.2, 0) is 9.53 Å². The third kappa shape index (κ3) is 3.53. The number of methoxy groups -OCH3 is 1. The van der Waals surface area contributed by atoms with Crippen LogP contribution in [0.4, 0.5) is 4.39 Å². The third-order valence-electron chi connectivity index (χ3n) is 3.15. The minimum atomic E-state index is -0.330. The maximum Gasteiger partial charge on any atom is 0.330 e. The normalized spacial score (nSPS) is 19.7. The molecule has 2 rings (SSSR count). The van der Waals surface area contributed by atoms with E-state index in [9.17, 15) is 9.18 Å². The fourth-order valence-electron chi connectivity index (χ4n) is 2.16. The van der Waals surface area contributed by atoms with Gasteiger partial charge in [0.2, 0.25) is 0 Å². The number of hydrazone groups is 1. The van der Waals surface area contributed by atoms with Gasteiger partial charge in [-0.3, -0.25) is 5.01 Å². The van der Waals surface area contributed by atoms with Gasteiger partial charge in [-0.15, -0.1) is 0 Å².